The smallest absolute Gasteiger partial charge is 0.296 e. The molecular formula is C19H13FN2O3S. The minimum Gasteiger partial charge on any atom is -0.503 e. The lowest BCUT2D eigenvalue weighted by molar-refractivity contribution is -0.117. The molecule has 0 unspecified atom stereocenters. The topological polar surface area (TPSA) is 70.5 Å². The highest BCUT2D eigenvalue weighted by Gasteiger charge is 2.44. The Balaban J connectivity index is 1.91. The van der Waals surface area contributed by atoms with Crippen LogP contribution in [0.25, 0.3) is 10.2 Å². The van der Waals surface area contributed by atoms with Gasteiger partial charge in [0.1, 0.15) is 5.82 Å². The Hall–Kier alpha value is -3.06. The van der Waals surface area contributed by atoms with E-state index in [0.29, 0.717) is 16.2 Å². The highest BCUT2D eigenvalue weighted by atomic mass is 32.1. The van der Waals surface area contributed by atoms with Crippen LogP contribution in [0.4, 0.5) is 9.52 Å². The Kier molecular flexibility index (Phi) is 3.81. The summed E-state index contributed by atoms with van der Waals surface area (Å²) >= 11 is 1.27. The zero-order valence-corrected chi connectivity index (χ0v) is 14.5. The molecule has 0 spiro atoms. The van der Waals surface area contributed by atoms with Crippen molar-refractivity contribution < 1.29 is 19.1 Å². The van der Waals surface area contributed by atoms with Gasteiger partial charge in [-0.1, -0.05) is 35.6 Å². The van der Waals surface area contributed by atoms with Crippen molar-refractivity contribution in [1.82, 2.24) is 4.98 Å². The first-order valence-corrected chi connectivity index (χ1v) is 8.67. The van der Waals surface area contributed by atoms with Crippen LogP contribution in [0.2, 0.25) is 0 Å². The third-order valence-corrected chi connectivity index (χ3v) is 5.28. The Labute approximate surface area is 152 Å². The average Bonchev–Trinajstić information content (AvgIpc) is 3.14. The predicted molar refractivity (Wildman–Crippen MR) is 96.6 cm³/mol. The second-order valence-corrected chi connectivity index (χ2v) is 6.92. The Bertz CT molecular complexity index is 1060. The summed E-state index contributed by atoms with van der Waals surface area (Å²) in [5.74, 6) is -2.28. The first kappa shape index (κ1) is 16.4. The molecule has 7 heteroatoms. The number of aliphatic hydroxyl groups excluding tert-OH is 1. The maximum Gasteiger partial charge on any atom is 0.296 e. The van der Waals surface area contributed by atoms with Crippen LogP contribution < -0.4 is 4.90 Å². The summed E-state index contributed by atoms with van der Waals surface area (Å²) in [7, 11) is 0. The number of para-hydroxylation sites is 1. The van der Waals surface area contributed by atoms with Gasteiger partial charge >= 0.3 is 0 Å². The van der Waals surface area contributed by atoms with Crippen LogP contribution >= 0.6 is 11.3 Å². The highest BCUT2D eigenvalue weighted by molar-refractivity contribution is 7.22. The van der Waals surface area contributed by atoms with Gasteiger partial charge in [-0.05, 0) is 36.8 Å². The van der Waals surface area contributed by atoms with Gasteiger partial charge in [0, 0.05) is 0 Å². The number of aliphatic hydroxyl groups is 1. The quantitative estimate of drug-likeness (QED) is 0.761. The molecule has 130 valence electrons. The summed E-state index contributed by atoms with van der Waals surface area (Å²) in [6, 6.07) is 12.1. The van der Waals surface area contributed by atoms with Gasteiger partial charge in [0.15, 0.2) is 16.7 Å². The molecular weight excluding hydrogens is 355 g/mol. The summed E-state index contributed by atoms with van der Waals surface area (Å²) < 4.78 is 14.6. The molecule has 1 N–H and O–H groups in total. The van der Waals surface area contributed by atoms with E-state index in [-0.39, 0.29) is 5.57 Å². The summed E-state index contributed by atoms with van der Waals surface area (Å²) in [5.41, 5.74) is 1.04. The number of fused-ring (bicyclic) bond motifs is 1. The van der Waals surface area contributed by atoms with Crippen LogP contribution in [0.15, 0.2) is 59.9 Å². The van der Waals surface area contributed by atoms with Gasteiger partial charge in [0.05, 0.1) is 21.8 Å². The van der Waals surface area contributed by atoms with Gasteiger partial charge < -0.3 is 5.11 Å². The van der Waals surface area contributed by atoms with E-state index in [1.165, 1.54) is 41.4 Å². The normalized spacial score (nSPS) is 17.4. The van der Waals surface area contributed by atoms with E-state index in [1.54, 1.807) is 6.07 Å². The number of ketones is 1. The first-order valence-electron chi connectivity index (χ1n) is 7.86. The largest absolute Gasteiger partial charge is 0.503 e. The van der Waals surface area contributed by atoms with Crippen molar-refractivity contribution in [3.05, 3.63) is 71.2 Å². The zero-order valence-electron chi connectivity index (χ0n) is 13.6. The summed E-state index contributed by atoms with van der Waals surface area (Å²) in [4.78, 5) is 30.5. The Morgan fingerprint density at radius 1 is 1.23 bits per heavy atom. The highest BCUT2D eigenvalue weighted by Crippen LogP contribution is 2.43. The van der Waals surface area contributed by atoms with Crippen LogP contribution in [0.1, 0.15) is 18.5 Å². The number of hydrogen-bond donors (Lipinski definition) is 1. The van der Waals surface area contributed by atoms with Crippen molar-refractivity contribution in [2.75, 3.05) is 4.90 Å². The van der Waals surface area contributed by atoms with E-state index in [9.17, 15) is 19.1 Å². The van der Waals surface area contributed by atoms with Gasteiger partial charge in [-0.25, -0.2) is 9.37 Å². The maximum atomic E-state index is 13.8. The lowest BCUT2D eigenvalue weighted by Crippen LogP contribution is -2.30. The van der Waals surface area contributed by atoms with Gasteiger partial charge in [-0.3, -0.25) is 14.5 Å². The molecule has 0 radical (unpaired) electrons. The van der Waals surface area contributed by atoms with Crippen molar-refractivity contribution in [3.8, 4) is 0 Å². The molecule has 0 fully saturated rings. The second kappa shape index (κ2) is 6.03. The number of thiazole rings is 1. The fourth-order valence-corrected chi connectivity index (χ4v) is 4.11. The molecule has 5 nitrogen and oxygen atoms in total. The second-order valence-electron chi connectivity index (χ2n) is 5.92. The minimum absolute atomic E-state index is 0.0557. The Morgan fingerprint density at radius 2 is 2.00 bits per heavy atom. The number of carbonyl (C=O) groups is 2. The summed E-state index contributed by atoms with van der Waals surface area (Å²) in [6.45, 7) is 1.27. The molecule has 0 saturated heterocycles. The van der Waals surface area contributed by atoms with Crippen molar-refractivity contribution in [3.63, 3.8) is 0 Å². The fraction of sp³-hybridized carbons (Fsp3) is 0.105. The number of halogens is 1. The first-order chi connectivity index (χ1) is 12.5. The van der Waals surface area contributed by atoms with E-state index in [4.69, 9.17) is 0 Å². The van der Waals surface area contributed by atoms with Crippen LogP contribution in [-0.2, 0) is 9.59 Å². The molecule has 4 rings (SSSR count). The third kappa shape index (κ3) is 2.48. The number of hydrogen-bond acceptors (Lipinski definition) is 5. The van der Waals surface area contributed by atoms with Crippen molar-refractivity contribution in [2.24, 2.45) is 0 Å². The molecule has 2 heterocycles. The minimum atomic E-state index is -0.920. The fourth-order valence-electron chi connectivity index (χ4n) is 3.12. The molecule has 0 bridgehead atoms. The average molecular weight is 368 g/mol. The number of benzene rings is 2. The van der Waals surface area contributed by atoms with E-state index in [1.807, 2.05) is 24.3 Å². The predicted octanol–water partition coefficient (Wildman–Crippen LogP) is 3.92. The van der Waals surface area contributed by atoms with Crippen molar-refractivity contribution in [2.45, 2.75) is 13.0 Å². The van der Waals surface area contributed by atoms with E-state index >= 15 is 0 Å². The lowest BCUT2D eigenvalue weighted by Gasteiger charge is -2.24. The molecule has 0 saturated carbocycles. The van der Waals surface area contributed by atoms with E-state index < -0.39 is 29.3 Å². The molecule has 1 aliphatic rings. The number of anilines is 1. The van der Waals surface area contributed by atoms with Crippen LogP contribution in [0, 0.1) is 5.82 Å². The molecule has 3 aromatic rings. The molecule has 2 aromatic carbocycles. The summed E-state index contributed by atoms with van der Waals surface area (Å²) in [6.07, 6.45) is 0. The molecule has 1 aromatic heterocycles. The molecule has 1 aliphatic heterocycles. The number of Topliss-reactive ketones (excluding diaryl/α,β-unsaturated/α-hetero) is 1. The Morgan fingerprint density at radius 3 is 2.69 bits per heavy atom. The van der Waals surface area contributed by atoms with Gasteiger partial charge in [-0.2, -0.15) is 0 Å². The lowest BCUT2D eigenvalue weighted by atomic mass is 9.97. The molecule has 1 amide bonds. The SMILES string of the molecule is CC(=O)C1=C(O)C(=O)N(c2nc3ccccc3s2)[C@H]1c1cccc(F)c1. The number of aromatic nitrogens is 1. The number of nitrogens with zero attached hydrogens (tertiary/aromatic N) is 2. The number of carbonyl (C=O) groups excluding carboxylic acids is 2. The van der Waals surface area contributed by atoms with Crippen LogP contribution in [-0.4, -0.2) is 21.8 Å². The van der Waals surface area contributed by atoms with Gasteiger partial charge in [-0.15, -0.1) is 0 Å². The van der Waals surface area contributed by atoms with Crippen molar-refractivity contribution >= 4 is 38.4 Å². The van der Waals surface area contributed by atoms with E-state index in [2.05, 4.69) is 4.98 Å². The third-order valence-electron chi connectivity index (χ3n) is 4.24. The molecule has 26 heavy (non-hydrogen) atoms. The standard InChI is InChI=1S/C19H13FN2O3S/c1-10(23)15-16(11-5-4-6-12(20)9-11)22(18(25)17(15)24)19-21-13-7-2-3-8-14(13)26-19/h2-9,16,24H,1H3/t16-/m0/s1. The van der Waals surface area contributed by atoms with Crippen LogP contribution in [0.3, 0.4) is 0 Å². The zero-order chi connectivity index (χ0) is 18.4. The maximum absolute atomic E-state index is 13.8. The van der Waals surface area contributed by atoms with Crippen LogP contribution in [0.5, 0.6) is 0 Å². The molecule has 0 aliphatic carbocycles. The monoisotopic (exact) mass is 368 g/mol. The van der Waals surface area contributed by atoms with Gasteiger partial charge in [0.25, 0.3) is 5.91 Å². The van der Waals surface area contributed by atoms with E-state index in [0.717, 1.165) is 4.70 Å². The van der Waals surface area contributed by atoms with Crippen molar-refractivity contribution in [1.29, 1.82) is 0 Å². The number of amides is 1. The number of rotatable bonds is 3. The molecule has 1 atom stereocenters. The van der Waals surface area contributed by atoms with Gasteiger partial charge in [0.2, 0.25) is 0 Å². The summed E-state index contributed by atoms with van der Waals surface area (Å²) in [5, 5.41) is 10.6.